The zero-order valence-electron chi connectivity index (χ0n) is 15.1. The third-order valence-electron chi connectivity index (χ3n) is 4.57. The molecule has 4 heteroatoms. The van der Waals surface area contributed by atoms with E-state index >= 15 is 0 Å². The van der Waals surface area contributed by atoms with Crippen molar-refractivity contribution in [2.75, 3.05) is 26.4 Å². The predicted molar refractivity (Wildman–Crippen MR) is 91.5 cm³/mol. The second-order valence-corrected chi connectivity index (χ2v) is 7.07. The van der Waals surface area contributed by atoms with Crippen molar-refractivity contribution >= 4 is 0 Å². The molecule has 130 valence electrons. The molecule has 0 aliphatic carbocycles. The van der Waals surface area contributed by atoms with Crippen LogP contribution >= 0.6 is 0 Å². The lowest BCUT2D eigenvalue weighted by Crippen LogP contribution is -2.50. The average molecular weight is 322 g/mol. The van der Waals surface area contributed by atoms with Gasteiger partial charge in [-0.05, 0) is 52.3 Å². The molecule has 23 heavy (non-hydrogen) atoms. The Morgan fingerprint density at radius 2 is 1.26 bits per heavy atom. The average Bonchev–Trinajstić information content (AvgIpc) is 2.47. The van der Waals surface area contributed by atoms with Crippen LogP contribution in [0.1, 0.15) is 46.1 Å². The molecule has 0 fully saturated rings. The SMILES string of the molecule is Cc1ccc2c(c1)OCCCOC(C)(C)C(C)(C)OCCCO2. The van der Waals surface area contributed by atoms with Gasteiger partial charge in [-0.15, -0.1) is 0 Å². The van der Waals surface area contributed by atoms with Crippen LogP contribution in [-0.4, -0.2) is 37.6 Å². The van der Waals surface area contributed by atoms with Gasteiger partial charge in [0.05, 0.1) is 37.6 Å². The molecule has 2 rings (SSSR count). The van der Waals surface area contributed by atoms with Crippen LogP contribution in [0.15, 0.2) is 18.2 Å². The molecule has 1 aliphatic rings. The van der Waals surface area contributed by atoms with E-state index in [0.29, 0.717) is 26.4 Å². The lowest BCUT2D eigenvalue weighted by atomic mass is 9.89. The van der Waals surface area contributed by atoms with Gasteiger partial charge in [0.2, 0.25) is 0 Å². The first-order valence-corrected chi connectivity index (χ1v) is 8.46. The molecule has 0 N–H and O–H groups in total. The maximum atomic E-state index is 6.07. The number of fused-ring (bicyclic) bond motifs is 1. The first kappa shape index (κ1) is 18.1. The minimum Gasteiger partial charge on any atom is -0.490 e. The van der Waals surface area contributed by atoms with Crippen LogP contribution in [0.3, 0.4) is 0 Å². The summed E-state index contributed by atoms with van der Waals surface area (Å²) in [5, 5.41) is 0. The van der Waals surface area contributed by atoms with E-state index in [1.807, 2.05) is 18.2 Å². The van der Waals surface area contributed by atoms with E-state index in [2.05, 4.69) is 34.6 Å². The molecule has 0 atom stereocenters. The second kappa shape index (κ2) is 7.54. The van der Waals surface area contributed by atoms with Crippen molar-refractivity contribution in [3.05, 3.63) is 23.8 Å². The van der Waals surface area contributed by atoms with Crippen LogP contribution in [0.4, 0.5) is 0 Å². The van der Waals surface area contributed by atoms with Crippen molar-refractivity contribution in [3.63, 3.8) is 0 Å². The largest absolute Gasteiger partial charge is 0.490 e. The minimum atomic E-state index is -0.355. The van der Waals surface area contributed by atoms with Crippen molar-refractivity contribution in [2.45, 2.75) is 58.7 Å². The van der Waals surface area contributed by atoms with E-state index in [0.717, 1.165) is 29.9 Å². The fourth-order valence-electron chi connectivity index (χ4n) is 2.33. The van der Waals surface area contributed by atoms with Gasteiger partial charge in [0.15, 0.2) is 11.5 Å². The number of hydrogen-bond donors (Lipinski definition) is 0. The van der Waals surface area contributed by atoms with E-state index in [1.165, 1.54) is 0 Å². The molecule has 1 aromatic rings. The smallest absolute Gasteiger partial charge is 0.161 e. The Hall–Kier alpha value is -1.26. The van der Waals surface area contributed by atoms with Crippen molar-refractivity contribution < 1.29 is 18.9 Å². The van der Waals surface area contributed by atoms with Crippen LogP contribution in [-0.2, 0) is 9.47 Å². The fourth-order valence-corrected chi connectivity index (χ4v) is 2.33. The van der Waals surface area contributed by atoms with Gasteiger partial charge in [-0.2, -0.15) is 0 Å². The topological polar surface area (TPSA) is 36.9 Å². The molecule has 0 spiro atoms. The maximum Gasteiger partial charge on any atom is 0.161 e. The van der Waals surface area contributed by atoms with Gasteiger partial charge in [0.25, 0.3) is 0 Å². The molecule has 0 radical (unpaired) electrons. The molecule has 4 nitrogen and oxygen atoms in total. The molecule has 0 bridgehead atoms. The molecular formula is C19H30O4. The number of benzene rings is 1. The van der Waals surface area contributed by atoms with Crippen molar-refractivity contribution in [1.82, 2.24) is 0 Å². The van der Waals surface area contributed by atoms with Gasteiger partial charge >= 0.3 is 0 Å². The van der Waals surface area contributed by atoms with E-state index in [9.17, 15) is 0 Å². The van der Waals surface area contributed by atoms with Gasteiger partial charge in [0, 0.05) is 12.8 Å². The van der Waals surface area contributed by atoms with E-state index < -0.39 is 0 Å². The molecule has 1 aromatic carbocycles. The van der Waals surface area contributed by atoms with Crippen LogP contribution in [0, 0.1) is 6.92 Å². The summed E-state index contributed by atoms with van der Waals surface area (Å²) in [5.74, 6) is 1.61. The normalized spacial score (nSPS) is 22.1. The number of aryl methyl sites for hydroxylation is 1. The first-order chi connectivity index (χ1) is 10.8. The summed E-state index contributed by atoms with van der Waals surface area (Å²) in [7, 11) is 0. The van der Waals surface area contributed by atoms with Crippen LogP contribution in [0.2, 0.25) is 0 Å². The predicted octanol–water partition coefficient (Wildman–Crippen LogP) is 4.14. The molecular weight excluding hydrogens is 292 g/mol. The Labute approximate surface area is 140 Å². The second-order valence-electron chi connectivity index (χ2n) is 7.07. The molecule has 1 heterocycles. The van der Waals surface area contributed by atoms with Crippen LogP contribution in [0.5, 0.6) is 11.5 Å². The summed E-state index contributed by atoms with van der Waals surface area (Å²) in [6, 6.07) is 6.03. The monoisotopic (exact) mass is 322 g/mol. The van der Waals surface area contributed by atoms with Crippen LogP contribution in [0.25, 0.3) is 0 Å². The summed E-state index contributed by atoms with van der Waals surface area (Å²) in [4.78, 5) is 0. The van der Waals surface area contributed by atoms with Crippen molar-refractivity contribution in [1.29, 1.82) is 0 Å². The molecule has 1 aliphatic heterocycles. The van der Waals surface area contributed by atoms with Gasteiger partial charge in [-0.25, -0.2) is 0 Å². The fraction of sp³-hybridized carbons (Fsp3) is 0.684. The lowest BCUT2D eigenvalue weighted by molar-refractivity contribution is -0.178. The van der Waals surface area contributed by atoms with E-state index in [4.69, 9.17) is 18.9 Å². The highest BCUT2D eigenvalue weighted by atomic mass is 16.6. The molecule has 0 unspecified atom stereocenters. The Morgan fingerprint density at radius 1 is 0.739 bits per heavy atom. The highest BCUT2D eigenvalue weighted by Crippen LogP contribution is 2.31. The summed E-state index contributed by atoms with van der Waals surface area (Å²) in [6.45, 7) is 12.9. The Morgan fingerprint density at radius 3 is 1.83 bits per heavy atom. The van der Waals surface area contributed by atoms with Gasteiger partial charge < -0.3 is 18.9 Å². The van der Waals surface area contributed by atoms with E-state index in [-0.39, 0.29) is 11.2 Å². The first-order valence-electron chi connectivity index (χ1n) is 8.46. The third kappa shape index (κ3) is 4.85. The maximum absolute atomic E-state index is 6.07. The molecule has 0 saturated carbocycles. The zero-order valence-corrected chi connectivity index (χ0v) is 15.1. The summed E-state index contributed by atoms with van der Waals surface area (Å²) < 4.78 is 23.9. The van der Waals surface area contributed by atoms with Gasteiger partial charge in [-0.3, -0.25) is 0 Å². The lowest BCUT2D eigenvalue weighted by Gasteiger charge is -2.41. The van der Waals surface area contributed by atoms with Crippen molar-refractivity contribution in [3.8, 4) is 11.5 Å². The highest BCUT2D eigenvalue weighted by Gasteiger charge is 2.38. The number of hydrogen-bond acceptors (Lipinski definition) is 4. The summed E-state index contributed by atoms with van der Waals surface area (Å²) in [6.07, 6.45) is 1.65. The van der Waals surface area contributed by atoms with Crippen molar-refractivity contribution in [2.24, 2.45) is 0 Å². The Bertz CT molecular complexity index is 508. The van der Waals surface area contributed by atoms with E-state index in [1.54, 1.807) is 0 Å². The quantitative estimate of drug-likeness (QED) is 0.719. The molecule has 0 amide bonds. The zero-order chi connectivity index (χ0) is 16.9. The third-order valence-corrected chi connectivity index (χ3v) is 4.57. The molecule has 0 saturated heterocycles. The highest BCUT2D eigenvalue weighted by molar-refractivity contribution is 5.42. The standard InChI is InChI=1S/C19H30O4/c1-15-8-9-16-17(14-15)21-11-7-13-23-19(4,5)18(2,3)22-12-6-10-20-16/h8-9,14H,6-7,10-13H2,1-5H3. The minimum absolute atomic E-state index is 0.354. The summed E-state index contributed by atoms with van der Waals surface area (Å²) >= 11 is 0. The Balaban J connectivity index is 2.07. The Kier molecular flexibility index (Phi) is 5.93. The number of rotatable bonds is 0. The van der Waals surface area contributed by atoms with Gasteiger partial charge in [-0.1, -0.05) is 6.07 Å². The number of ether oxygens (including phenoxy) is 4. The molecule has 0 aromatic heterocycles. The summed E-state index contributed by atoms with van der Waals surface area (Å²) in [5.41, 5.74) is 0.454. The van der Waals surface area contributed by atoms with Gasteiger partial charge in [0.1, 0.15) is 0 Å². The van der Waals surface area contributed by atoms with Crippen LogP contribution < -0.4 is 9.47 Å².